The van der Waals surface area contributed by atoms with Crippen LogP contribution in [0.4, 0.5) is 11.4 Å². The number of anilines is 2. The molecule has 1 amide bonds. The molecule has 0 aliphatic rings. The molecule has 0 spiro atoms. The van der Waals surface area contributed by atoms with Gasteiger partial charge in [0.15, 0.2) is 0 Å². The Morgan fingerprint density at radius 3 is 2.89 bits per heavy atom. The van der Waals surface area contributed by atoms with Gasteiger partial charge in [-0.05, 0) is 64.0 Å². The van der Waals surface area contributed by atoms with Crippen molar-refractivity contribution in [2.45, 2.75) is 20.3 Å². The lowest BCUT2D eigenvalue weighted by Gasteiger charge is -2.10. The van der Waals surface area contributed by atoms with Crippen LogP contribution in [0.3, 0.4) is 0 Å². The van der Waals surface area contributed by atoms with Gasteiger partial charge in [0.05, 0.1) is 10.6 Å². The maximum Gasteiger partial charge on any atom is 0.266 e. The maximum atomic E-state index is 12.2. The molecule has 5 heteroatoms. The van der Waals surface area contributed by atoms with Gasteiger partial charge in [0.1, 0.15) is 0 Å². The first-order valence-corrected chi connectivity index (χ1v) is 7.63. The first-order valence-electron chi connectivity index (χ1n) is 5.96. The van der Waals surface area contributed by atoms with Crippen molar-refractivity contribution >= 4 is 44.5 Å². The molecule has 0 radical (unpaired) electrons. The summed E-state index contributed by atoms with van der Waals surface area (Å²) < 4.78 is 0.835. The highest BCUT2D eigenvalue weighted by Gasteiger charge is 2.14. The van der Waals surface area contributed by atoms with E-state index < -0.39 is 0 Å². The fraction of sp³-hybridized carbons (Fsp3) is 0.214. The van der Waals surface area contributed by atoms with E-state index in [1.807, 2.05) is 31.4 Å². The van der Waals surface area contributed by atoms with Crippen LogP contribution in [0.2, 0.25) is 0 Å². The average molecular weight is 339 g/mol. The molecule has 0 atom stereocenters. The van der Waals surface area contributed by atoms with Gasteiger partial charge in [-0.1, -0.05) is 6.92 Å². The summed E-state index contributed by atoms with van der Waals surface area (Å²) in [6.07, 6.45) is 0.851. The first kappa shape index (κ1) is 14.1. The van der Waals surface area contributed by atoms with Gasteiger partial charge in [0, 0.05) is 10.2 Å². The van der Waals surface area contributed by atoms with Crippen LogP contribution < -0.4 is 11.1 Å². The molecule has 0 bridgehead atoms. The van der Waals surface area contributed by atoms with Crippen LogP contribution in [0.1, 0.15) is 27.7 Å². The molecule has 2 aromatic rings. The summed E-state index contributed by atoms with van der Waals surface area (Å²) in [7, 11) is 0. The number of amides is 1. The highest BCUT2D eigenvalue weighted by molar-refractivity contribution is 9.10. The first-order chi connectivity index (χ1) is 9.02. The second kappa shape index (κ2) is 5.75. The molecular formula is C14H15BrN2OS. The van der Waals surface area contributed by atoms with Crippen LogP contribution in [0.15, 0.2) is 28.1 Å². The summed E-state index contributed by atoms with van der Waals surface area (Å²) in [5.74, 6) is -0.0872. The number of hydrogen-bond acceptors (Lipinski definition) is 3. The van der Waals surface area contributed by atoms with Crippen LogP contribution in [0, 0.1) is 6.92 Å². The number of nitrogens with two attached hydrogens (primary N) is 1. The Kier molecular flexibility index (Phi) is 4.27. The van der Waals surface area contributed by atoms with Gasteiger partial charge in [0.25, 0.3) is 5.91 Å². The van der Waals surface area contributed by atoms with Crippen molar-refractivity contribution in [3.63, 3.8) is 0 Å². The third-order valence-corrected chi connectivity index (χ3v) is 4.55. The SMILES string of the molecule is CCc1ccsc1C(=O)Nc1cc(N)c(C)cc1Br. The lowest BCUT2D eigenvalue weighted by molar-refractivity contribution is 0.102. The molecule has 19 heavy (non-hydrogen) atoms. The minimum atomic E-state index is -0.0872. The third-order valence-electron chi connectivity index (χ3n) is 2.94. The zero-order valence-electron chi connectivity index (χ0n) is 10.8. The fourth-order valence-corrected chi connectivity index (χ4v) is 3.22. The summed E-state index contributed by atoms with van der Waals surface area (Å²) >= 11 is 4.90. The lowest BCUT2D eigenvalue weighted by Crippen LogP contribution is -2.12. The Labute approximate surface area is 125 Å². The number of halogens is 1. The van der Waals surface area contributed by atoms with Crippen molar-refractivity contribution < 1.29 is 4.79 Å². The second-order valence-corrected chi connectivity index (χ2v) is 6.04. The Hall–Kier alpha value is -1.33. The highest BCUT2D eigenvalue weighted by atomic mass is 79.9. The van der Waals surface area contributed by atoms with Gasteiger partial charge in [-0.25, -0.2) is 0 Å². The monoisotopic (exact) mass is 338 g/mol. The third kappa shape index (κ3) is 2.98. The number of hydrogen-bond donors (Lipinski definition) is 2. The number of rotatable bonds is 3. The molecule has 1 heterocycles. The molecule has 0 saturated heterocycles. The smallest absolute Gasteiger partial charge is 0.266 e. The van der Waals surface area contributed by atoms with E-state index >= 15 is 0 Å². The van der Waals surface area contributed by atoms with Gasteiger partial charge in [-0.15, -0.1) is 11.3 Å². The summed E-state index contributed by atoms with van der Waals surface area (Å²) in [6, 6.07) is 5.66. The van der Waals surface area contributed by atoms with Crippen molar-refractivity contribution in [3.8, 4) is 0 Å². The highest BCUT2D eigenvalue weighted by Crippen LogP contribution is 2.29. The standard InChI is InChI=1S/C14H15BrN2OS/c1-3-9-4-5-19-13(9)14(18)17-12-7-11(16)8(2)6-10(12)15/h4-7H,3,16H2,1-2H3,(H,17,18). The van der Waals surface area contributed by atoms with Crippen LogP contribution in [-0.2, 0) is 6.42 Å². The number of nitrogen functional groups attached to an aromatic ring is 1. The molecule has 0 aliphatic carbocycles. The van der Waals surface area contributed by atoms with Crippen molar-refractivity contribution in [1.82, 2.24) is 0 Å². The van der Waals surface area contributed by atoms with Crippen LogP contribution >= 0.6 is 27.3 Å². The molecular weight excluding hydrogens is 324 g/mol. The Balaban J connectivity index is 2.27. The molecule has 2 rings (SSSR count). The minimum absolute atomic E-state index is 0.0872. The number of aryl methyl sites for hydroxylation is 2. The average Bonchev–Trinajstić information content (AvgIpc) is 2.84. The normalized spacial score (nSPS) is 10.5. The van der Waals surface area contributed by atoms with E-state index in [4.69, 9.17) is 5.73 Å². The molecule has 0 unspecified atom stereocenters. The van der Waals surface area contributed by atoms with Crippen molar-refractivity contribution in [1.29, 1.82) is 0 Å². The van der Waals surface area contributed by atoms with Crippen LogP contribution in [0.25, 0.3) is 0 Å². The molecule has 100 valence electrons. The van der Waals surface area contributed by atoms with Crippen molar-refractivity contribution in [3.05, 3.63) is 44.1 Å². The van der Waals surface area contributed by atoms with Crippen molar-refractivity contribution in [2.24, 2.45) is 0 Å². The number of carbonyl (C=O) groups excluding carboxylic acids is 1. The Morgan fingerprint density at radius 1 is 1.47 bits per heavy atom. The number of nitrogens with one attached hydrogen (secondary N) is 1. The lowest BCUT2D eigenvalue weighted by atomic mass is 10.1. The summed E-state index contributed by atoms with van der Waals surface area (Å²) in [6.45, 7) is 3.97. The second-order valence-electron chi connectivity index (χ2n) is 4.27. The number of thiophene rings is 1. The van der Waals surface area contributed by atoms with Gasteiger partial charge in [0.2, 0.25) is 0 Å². The minimum Gasteiger partial charge on any atom is -0.398 e. The predicted molar refractivity (Wildman–Crippen MR) is 84.9 cm³/mol. The van der Waals surface area contributed by atoms with E-state index in [0.717, 1.165) is 26.9 Å². The van der Waals surface area contributed by atoms with Crippen LogP contribution in [-0.4, -0.2) is 5.91 Å². The predicted octanol–water partition coefficient (Wildman–Crippen LogP) is 4.22. The molecule has 0 fully saturated rings. The van der Waals surface area contributed by atoms with Gasteiger partial charge in [-0.2, -0.15) is 0 Å². The fourth-order valence-electron chi connectivity index (χ4n) is 1.78. The molecule has 0 saturated carbocycles. The quantitative estimate of drug-likeness (QED) is 0.823. The number of benzene rings is 1. The van der Waals surface area contributed by atoms with Gasteiger partial charge in [-0.3, -0.25) is 4.79 Å². The number of carbonyl (C=O) groups is 1. The summed E-state index contributed by atoms with van der Waals surface area (Å²) in [5, 5.41) is 4.84. The Morgan fingerprint density at radius 2 is 2.21 bits per heavy atom. The molecule has 1 aromatic carbocycles. The largest absolute Gasteiger partial charge is 0.398 e. The van der Waals surface area contributed by atoms with E-state index in [1.165, 1.54) is 11.3 Å². The molecule has 3 nitrogen and oxygen atoms in total. The van der Waals surface area contributed by atoms with Crippen LogP contribution in [0.5, 0.6) is 0 Å². The maximum absolute atomic E-state index is 12.2. The zero-order valence-corrected chi connectivity index (χ0v) is 13.2. The summed E-state index contributed by atoms with van der Waals surface area (Å²) in [4.78, 5) is 13.0. The van der Waals surface area contributed by atoms with Gasteiger partial charge >= 0.3 is 0 Å². The Bertz CT molecular complexity index is 622. The van der Waals surface area contributed by atoms with E-state index in [0.29, 0.717) is 11.4 Å². The zero-order chi connectivity index (χ0) is 14.0. The van der Waals surface area contributed by atoms with Crippen molar-refractivity contribution in [2.75, 3.05) is 11.1 Å². The molecule has 0 aliphatic heterocycles. The molecule has 1 aromatic heterocycles. The topological polar surface area (TPSA) is 55.1 Å². The van der Waals surface area contributed by atoms with Gasteiger partial charge < -0.3 is 11.1 Å². The van der Waals surface area contributed by atoms with E-state index in [-0.39, 0.29) is 5.91 Å². The van der Waals surface area contributed by atoms with E-state index in [1.54, 1.807) is 6.07 Å². The molecule has 3 N–H and O–H groups in total. The summed E-state index contributed by atoms with van der Waals surface area (Å²) in [5.41, 5.74) is 9.29. The van der Waals surface area contributed by atoms with E-state index in [2.05, 4.69) is 21.2 Å². The van der Waals surface area contributed by atoms with E-state index in [9.17, 15) is 4.79 Å².